The first-order valence-electron chi connectivity index (χ1n) is 6.28. The van der Waals surface area contributed by atoms with Crippen LogP contribution in [0.25, 0.3) is 0 Å². The molecule has 0 aliphatic rings. The Balaban J connectivity index is 2.19. The summed E-state index contributed by atoms with van der Waals surface area (Å²) in [5.74, 6) is -2.35. The van der Waals surface area contributed by atoms with Gasteiger partial charge in [-0.05, 0) is 30.2 Å². The van der Waals surface area contributed by atoms with Gasteiger partial charge < -0.3 is 5.11 Å². The zero-order valence-corrected chi connectivity index (χ0v) is 11.0. The normalized spacial score (nSPS) is 14.1. The molecule has 2 aromatic carbocycles. The summed E-state index contributed by atoms with van der Waals surface area (Å²) in [6.45, 7) is 1.48. The zero-order chi connectivity index (χ0) is 14.8. The minimum absolute atomic E-state index is 0.0234. The van der Waals surface area contributed by atoms with Crippen LogP contribution in [0.2, 0.25) is 0 Å². The van der Waals surface area contributed by atoms with Gasteiger partial charge in [-0.25, -0.2) is 13.2 Å². The molecule has 1 unspecified atom stereocenters. The maximum Gasteiger partial charge on any atom is 0.162 e. The molecule has 0 saturated heterocycles. The number of aliphatic hydroxyl groups is 1. The molecular formula is C16H15F3O. The van der Waals surface area contributed by atoms with Crippen molar-refractivity contribution in [1.29, 1.82) is 0 Å². The van der Waals surface area contributed by atoms with E-state index in [-0.39, 0.29) is 18.4 Å². The van der Waals surface area contributed by atoms with Gasteiger partial charge in [0.2, 0.25) is 0 Å². The third-order valence-corrected chi connectivity index (χ3v) is 3.13. The molecule has 0 bridgehead atoms. The molecule has 1 atom stereocenters. The topological polar surface area (TPSA) is 20.2 Å². The van der Waals surface area contributed by atoms with Crippen molar-refractivity contribution in [2.24, 2.45) is 0 Å². The van der Waals surface area contributed by atoms with Gasteiger partial charge in [-0.1, -0.05) is 30.3 Å². The molecule has 1 nitrogen and oxygen atoms in total. The van der Waals surface area contributed by atoms with Crippen molar-refractivity contribution in [2.45, 2.75) is 25.4 Å². The highest BCUT2D eigenvalue weighted by molar-refractivity contribution is 5.23. The Morgan fingerprint density at radius 2 is 1.40 bits per heavy atom. The Bertz CT molecular complexity index is 608. The second-order valence-corrected chi connectivity index (χ2v) is 5.15. The van der Waals surface area contributed by atoms with E-state index in [1.54, 1.807) is 18.2 Å². The molecule has 2 aromatic rings. The highest BCUT2D eigenvalue weighted by Crippen LogP contribution is 2.22. The van der Waals surface area contributed by atoms with E-state index in [4.69, 9.17) is 0 Å². The van der Waals surface area contributed by atoms with E-state index in [9.17, 15) is 18.3 Å². The standard InChI is InChI=1S/C16H15F3O/c1-16(20,9-11-5-2-3-7-13(11)17)10-12-6-4-8-14(18)15(12)19/h2-8,20H,9-10H2,1H3. The van der Waals surface area contributed by atoms with Crippen molar-refractivity contribution in [2.75, 3.05) is 0 Å². The summed E-state index contributed by atoms with van der Waals surface area (Å²) in [7, 11) is 0. The number of rotatable bonds is 4. The molecule has 0 fully saturated rings. The van der Waals surface area contributed by atoms with Gasteiger partial charge in [-0.15, -0.1) is 0 Å². The largest absolute Gasteiger partial charge is 0.389 e. The molecule has 1 N–H and O–H groups in total. The fourth-order valence-electron chi connectivity index (χ4n) is 2.21. The van der Waals surface area contributed by atoms with Crippen LogP contribution in [0.5, 0.6) is 0 Å². The zero-order valence-electron chi connectivity index (χ0n) is 11.0. The highest BCUT2D eigenvalue weighted by atomic mass is 19.2. The second kappa shape index (κ2) is 5.67. The van der Waals surface area contributed by atoms with E-state index in [1.165, 1.54) is 25.1 Å². The fourth-order valence-corrected chi connectivity index (χ4v) is 2.21. The minimum atomic E-state index is -1.36. The lowest BCUT2D eigenvalue weighted by molar-refractivity contribution is 0.0589. The smallest absolute Gasteiger partial charge is 0.162 e. The molecule has 20 heavy (non-hydrogen) atoms. The SMILES string of the molecule is CC(O)(Cc1ccccc1F)Cc1cccc(F)c1F. The van der Waals surface area contributed by atoms with Crippen molar-refractivity contribution in [3.05, 3.63) is 71.0 Å². The maximum atomic E-state index is 13.6. The predicted molar refractivity (Wildman–Crippen MR) is 70.8 cm³/mol. The van der Waals surface area contributed by atoms with E-state index < -0.39 is 23.1 Å². The van der Waals surface area contributed by atoms with Gasteiger partial charge in [0.25, 0.3) is 0 Å². The second-order valence-electron chi connectivity index (χ2n) is 5.15. The average Bonchev–Trinajstić information content (AvgIpc) is 2.37. The van der Waals surface area contributed by atoms with Gasteiger partial charge in [0, 0.05) is 12.8 Å². The van der Waals surface area contributed by atoms with Crippen molar-refractivity contribution in [3.8, 4) is 0 Å². The van der Waals surface area contributed by atoms with Crippen LogP contribution in [-0.4, -0.2) is 10.7 Å². The Morgan fingerprint density at radius 3 is 2.10 bits per heavy atom. The molecular weight excluding hydrogens is 265 g/mol. The van der Waals surface area contributed by atoms with E-state index in [0.29, 0.717) is 5.56 Å². The van der Waals surface area contributed by atoms with E-state index in [0.717, 1.165) is 6.07 Å². The average molecular weight is 280 g/mol. The quantitative estimate of drug-likeness (QED) is 0.906. The third-order valence-electron chi connectivity index (χ3n) is 3.13. The predicted octanol–water partition coefficient (Wildman–Crippen LogP) is 3.64. The molecule has 0 radical (unpaired) electrons. The van der Waals surface area contributed by atoms with Crippen molar-refractivity contribution in [1.82, 2.24) is 0 Å². The molecule has 0 amide bonds. The van der Waals surface area contributed by atoms with Crippen LogP contribution in [0.1, 0.15) is 18.1 Å². The lowest BCUT2D eigenvalue weighted by Crippen LogP contribution is -2.31. The molecule has 0 aromatic heterocycles. The Labute approximate surface area is 115 Å². The van der Waals surface area contributed by atoms with Crippen LogP contribution < -0.4 is 0 Å². The van der Waals surface area contributed by atoms with E-state index in [1.807, 2.05) is 0 Å². The van der Waals surface area contributed by atoms with Crippen LogP contribution >= 0.6 is 0 Å². The Morgan fingerprint density at radius 1 is 0.850 bits per heavy atom. The Hall–Kier alpha value is -1.81. The van der Waals surface area contributed by atoms with Crippen LogP contribution in [0.4, 0.5) is 13.2 Å². The summed E-state index contributed by atoms with van der Waals surface area (Å²) in [5, 5.41) is 10.3. The third kappa shape index (κ3) is 3.39. The molecule has 4 heteroatoms. The summed E-state index contributed by atoms with van der Waals surface area (Å²) < 4.78 is 40.3. The minimum Gasteiger partial charge on any atom is -0.389 e. The van der Waals surface area contributed by atoms with Crippen LogP contribution in [-0.2, 0) is 12.8 Å². The number of halogens is 3. The summed E-state index contributed by atoms with van der Waals surface area (Å²) in [4.78, 5) is 0. The van der Waals surface area contributed by atoms with Crippen molar-refractivity contribution < 1.29 is 18.3 Å². The van der Waals surface area contributed by atoms with Gasteiger partial charge in [0.1, 0.15) is 5.82 Å². The van der Waals surface area contributed by atoms with Crippen LogP contribution in [0.3, 0.4) is 0 Å². The Kier molecular flexibility index (Phi) is 4.14. The molecule has 0 saturated carbocycles. The van der Waals surface area contributed by atoms with Gasteiger partial charge >= 0.3 is 0 Å². The lowest BCUT2D eigenvalue weighted by atomic mass is 9.89. The van der Waals surface area contributed by atoms with Gasteiger partial charge in [0.05, 0.1) is 5.60 Å². The van der Waals surface area contributed by atoms with Gasteiger partial charge in [-0.3, -0.25) is 0 Å². The van der Waals surface area contributed by atoms with Crippen LogP contribution in [0.15, 0.2) is 42.5 Å². The summed E-state index contributed by atoms with van der Waals surface area (Å²) in [6.07, 6.45) is -0.0689. The summed E-state index contributed by atoms with van der Waals surface area (Å²) in [6, 6.07) is 9.89. The molecule has 0 heterocycles. The van der Waals surface area contributed by atoms with Crippen LogP contribution in [0, 0.1) is 17.5 Å². The highest BCUT2D eigenvalue weighted by Gasteiger charge is 2.25. The maximum absolute atomic E-state index is 13.6. The molecule has 106 valence electrons. The van der Waals surface area contributed by atoms with E-state index >= 15 is 0 Å². The number of hydrogen-bond donors (Lipinski definition) is 1. The first kappa shape index (κ1) is 14.6. The lowest BCUT2D eigenvalue weighted by Gasteiger charge is -2.24. The van der Waals surface area contributed by atoms with Crippen molar-refractivity contribution >= 4 is 0 Å². The molecule has 0 aliphatic carbocycles. The monoisotopic (exact) mass is 280 g/mol. The molecule has 2 rings (SSSR count). The van der Waals surface area contributed by atoms with Crippen molar-refractivity contribution in [3.63, 3.8) is 0 Å². The molecule has 0 aliphatic heterocycles. The molecule has 0 spiro atoms. The first-order valence-corrected chi connectivity index (χ1v) is 6.28. The summed E-state index contributed by atoms with van der Waals surface area (Å²) >= 11 is 0. The number of hydrogen-bond acceptors (Lipinski definition) is 1. The first-order chi connectivity index (χ1) is 9.39. The van der Waals surface area contributed by atoms with Gasteiger partial charge in [-0.2, -0.15) is 0 Å². The number of benzene rings is 2. The van der Waals surface area contributed by atoms with E-state index in [2.05, 4.69) is 0 Å². The fraction of sp³-hybridized carbons (Fsp3) is 0.250. The summed E-state index contributed by atoms with van der Waals surface area (Å²) in [5.41, 5.74) is -0.947. The van der Waals surface area contributed by atoms with Gasteiger partial charge in [0.15, 0.2) is 11.6 Å².